The van der Waals surface area contributed by atoms with E-state index in [2.05, 4.69) is 10.4 Å². The average molecular weight is 279 g/mol. The van der Waals surface area contributed by atoms with Crippen LogP contribution in [0.25, 0.3) is 0 Å². The fourth-order valence-corrected chi connectivity index (χ4v) is 2.29. The van der Waals surface area contributed by atoms with Crippen LogP contribution in [0.3, 0.4) is 0 Å². The van der Waals surface area contributed by atoms with Gasteiger partial charge in [-0.2, -0.15) is 5.10 Å². The smallest absolute Gasteiger partial charge is 0.130 e. The summed E-state index contributed by atoms with van der Waals surface area (Å²) in [4.78, 5) is 0. The number of nitrogens with zero attached hydrogens (tertiary/aromatic N) is 2. The first-order valence-corrected chi connectivity index (χ1v) is 6.84. The van der Waals surface area contributed by atoms with Crippen LogP contribution in [0.4, 0.5) is 8.78 Å². The molecule has 3 nitrogen and oxygen atoms in total. The van der Waals surface area contributed by atoms with Crippen LogP contribution in [0.2, 0.25) is 0 Å². The molecule has 0 aliphatic heterocycles. The van der Waals surface area contributed by atoms with Crippen LogP contribution in [-0.4, -0.2) is 16.3 Å². The lowest BCUT2D eigenvalue weighted by molar-refractivity contribution is 0.473. The van der Waals surface area contributed by atoms with Gasteiger partial charge in [-0.3, -0.25) is 4.68 Å². The summed E-state index contributed by atoms with van der Waals surface area (Å²) in [7, 11) is 0. The molecule has 0 fully saturated rings. The number of likely N-dealkylation sites (N-methyl/N-ethyl adjacent to an activating group) is 1. The minimum Gasteiger partial charge on any atom is -0.310 e. The average Bonchev–Trinajstić information content (AvgIpc) is 2.86. The summed E-state index contributed by atoms with van der Waals surface area (Å²) in [5.41, 5.74) is 1.05. The van der Waals surface area contributed by atoms with Crippen molar-refractivity contribution in [2.45, 2.75) is 32.9 Å². The third-order valence-electron chi connectivity index (χ3n) is 3.25. The maximum Gasteiger partial charge on any atom is 0.130 e. The molecular weight excluding hydrogens is 260 g/mol. The van der Waals surface area contributed by atoms with Crippen molar-refractivity contribution in [1.29, 1.82) is 0 Å². The molecule has 0 aliphatic rings. The van der Waals surface area contributed by atoms with E-state index in [0.29, 0.717) is 13.0 Å². The van der Waals surface area contributed by atoms with Crippen molar-refractivity contribution >= 4 is 0 Å². The van der Waals surface area contributed by atoms with E-state index < -0.39 is 17.7 Å². The molecule has 0 aliphatic carbocycles. The molecule has 0 amide bonds. The van der Waals surface area contributed by atoms with Gasteiger partial charge in [-0.25, -0.2) is 8.78 Å². The molecule has 0 radical (unpaired) electrons. The van der Waals surface area contributed by atoms with Crippen LogP contribution in [0.15, 0.2) is 30.6 Å². The molecule has 1 heterocycles. The van der Waals surface area contributed by atoms with Gasteiger partial charge in [-0.15, -0.1) is 0 Å². The van der Waals surface area contributed by atoms with Gasteiger partial charge in [0, 0.05) is 24.3 Å². The maximum atomic E-state index is 13.9. The summed E-state index contributed by atoms with van der Waals surface area (Å²) >= 11 is 0. The number of rotatable bonds is 6. The fourth-order valence-electron chi connectivity index (χ4n) is 2.29. The van der Waals surface area contributed by atoms with E-state index in [4.69, 9.17) is 0 Å². The molecule has 108 valence electrons. The number of hydrogen-bond donors (Lipinski definition) is 1. The number of halogens is 2. The lowest BCUT2D eigenvalue weighted by atomic mass is 9.99. The Morgan fingerprint density at radius 3 is 2.50 bits per heavy atom. The summed E-state index contributed by atoms with van der Waals surface area (Å²) in [6, 6.07) is 3.57. The first-order chi connectivity index (χ1) is 9.65. The van der Waals surface area contributed by atoms with Crippen molar-refractivity contribution in [2.75, 3.05) is 6.54 Å². The zero-order chi connectivity index (χ0) is 14.5. The Hall–Kier alpha value is -1.75. The highest BCUT2D eigenvalue weighted by molar-refractivity contribution is 5.25. The number of nitrogens with one attached hydrogen (secondary N) is 1. The predicted octanol–water partition coefficient (Wildman–Crippen LogP) is 3.07. The van der Waals surface area contributed by atoms with Crippen LogP contribution < -0.4 is 5.32 Å². The van der Waals surface area contributed by atoms with E-state index in [9.17, 15) is 8.78 Å². The third-order valence-corrected chi connectivity index (χ3v) is 3.25. The number of hydrogen-bond acceptors (Lipinski definition) is 2. The number of aryl methyl sites for hydroxylation is 1. The van der Waals surface area contributed by atoms with Gasteiger partial charge in [0.25, 0.3) is 0 Å². The predicted molar refractivity (Wildman–Crippen MR) is 74.4 cm³/mol. The minimum atomic E-state index is -0.515. The van der Waals surface area contributed by atoms with Crippen molar-refractivity contribution in [1.82, 2.24) is 15.1 Å². The highest BCUT2D eigenvalue weighted by Crippen LogP contribution is 2.24. The van der Waals surface area contributed by atoms with E-state index in [1.165, 1.54) is 18.2 Å². The Bertz CT molecular complexity index is 546. The van der Waals surface area contributed by atoms with Gasteiger partial charge in [0.15, 0.2) is 0 Å². The first kappa shape index (κ1) is 14.7. The summed E-state index contributed by atoms with van der Waals surface area (Å²) < 4.78 is 29.6. The van der Waals surface area contributed by atoms with E-state index in [1.54, 1.807) is 10.9 Å². The Kier molecular flexibility index (Phi) is 4.84. The molecule has 2 rings (SSSR count). The number of benzene rings is 1. The van der Waals surface area contributed by atoms with Crippen molar-refractivity contribution in [2.24, 2.45) is 0 Å². The van der Waals surface area contributed by atoms with Crippen LogP contribution in [-0.2, 0) is 13.0 Å². The Morgan fingerprint density at radius 2 is 1.95 bits per heavy atom. The molecule has 2 aromatic rings. The van der Waals surface area contributed by atoms with Gasteiger partial charge < -0.3 is 5.32 Å². The molecule has 20 heavy (non-hydrogen) atoms. The Morgan fingerprint density at radius 1 is 1.25 bits per heavy atom. The van der Waals surface area contributed by atoms with Gasteiger partial charge in [0.05, 0.1) is 6.20 Å². The lowest BCUT2D eigenvalue weighted by Gasteiger charge is -2.19. The molecule has 0 bridgehead atoms. The van der Waals surface area contributed by atoms with Crippen molar-refractivity contribution < 1.29 is 8.78 Å². The quantitative estimate of drug-likeness (QED) is 0.880. The highest BCUT2D eigenvalue weighted by atomic mass is 19.1. The lowest BCUT2D eigenvalue weighted by Crippen LogP contribution is -2.25. The van der Waals surface area contributed by atoms with Gasteiger partial charge in [0.2, 0.25) is 0 Å². The van der Waals surface area contributed by atoms with Crippen molar-refractivity contribution in [3.05, 3.63) is 53.4 Å². The van der Waals surface area contributed by atoms with E-state index in [-0.39, 0.29) is 5.56 Å². The Balaban J connectivity index is 2.26. The molecule has 1 N–H and O–H groups in total. The summed E-state index contributed by atoms with van der Waals surface area (Å²) in [6.07, 6.45) is 4.15. The van der Waals surface area contributed by atoms with E-state index in [0.717, 1.165) is 12.1 Å². The molecule has 1 aromatic carbocycles. The molecule has 0 spiro atoms. The van der Waals surface area contributed by atoms with E-state index >= 15 is 0 Å². The second kappa shape index (κ2) is 6.61. The van der Waals surface area contributed by atoms with Crippen molar-refractivity contribution in [3.8, 4) is 0 Å². The second-order valence-corrected chi connectivity index (χ2v) is 4.65. The van der Waals surface area contributed by atoms with Crippen LogP contribution in [0, 0.1) is 11.6 Å². The largest absolute Gasteiger partial charge is 0.310 e. The van der Waals surface area contributed by atoms with Crippen LogP contribution in [0.1, 0.15) is 31.0 Å². The van der Waals surface area contributed by atoms with Crippen LogP contribution >= 0.6 is 0 Å². The number of aromatic nitrogens is 2. The van der Waals surface area contributed by atoms with Gasteiger partial charge in [-0.1, -0.05) is 13.0 Å². The minimum absolute atomic E-state index is 0.0959. The standard InChI is InChI=1S/C15H19F2N3/c1-3-18-14(8-11-9-19-20(4-2)10-11)15-12(16)6-5-7-13(15)17/h5-7,9-10,14,18H,3-4,8H2,1-2H3. The molecule has 5 heteroatoms. The first-order valence-electron chi connectivity index (χ1n) is 6.84. The van der Waals surface area contributed by atoms with Crippen molar-refractivity contribution in [3.63, 3.8) is 0 Å². The zero-order valence-corrected chi connectivity index (χ0v) is 11.7. The van der Waals surface area contributed by atoms with Crippen LogP contribution in [0.5, 0.6) is 0 Å². The van der Waals surface area contributed by atoms with Gasteiger partial charge in [-0.05, 0) is 37.6 Å². The zero-order valence-electron chi connectivity index (χ0n) is 11.7. The summed E-state index contributed by atoms with van der Waals surface area (Å²) in [5, 5.41) is 7.33. The molecule has 0 saturated carbocycles. The molecule has 1 unspecified atom stereocenters. The molecular formula is C15H19F2N3. The molecule has 0 saturated heterocycles. The summed E-state index contributed by atoms with van der Waals surface area (Å²) in [6.45, 7) is 5.33. The normalized spacial score (nSPS) is 12.6. The fraction of sp³-hybridized carbons (Fsp3) is 0.400. The molecule has 1 aromatic heterocycles. The Labute approximate surface area is 117 Å². The monoisotopic (exact) mass is 279 g/mol. The second-order valence-electron chi connectivity index (χ2n) is 4.65. The van der Waals surface area contributed by atoms with Gasteiger partial charge >= 0.3 is 0 Å². The third kappa shape index (κ3) is 3.22. The maximum absolute atomic E-state index is 13.9. The summed E-state index contributed by atoms with van der Waals surface area (Å²) in [5.74, 6) is -1.03. The van der Waals surface area contributed by atoms with E-state index in [1.807, 2.05) is 20.0 Å². The van der Waals surface area contributed by atoms with Gasteiger partial charge in [0.1, 0.15) is 11.6 Å². The highest BCUT2D eigenvalue weighted by Gasteiger charge is 2.20. The SMILES string of the molecule is CCNC(Cc1cnn(CC)c1)c1c(F)cccc1F. The molecule has 1 atom stereocenters. The topological polar surface area (TPSA) is 29.9 Å².